The van der Waals surface area contributed by atoms with Crippen molar-refractivity contribution in [1.29, 1.82) is 0 Å². The fourth-order valence-corrected chi connectivity index (χ4v) is 6.76. The molecule has 0 spiro atoms. The molecule has 2 aliphatic carbocycles. The first kappa shape index (κ1) is 25.6. The number of hydrogen-bond acceptors (Lipinski definition) is 2. The van der Waals surface area contributed by atoms with E-state index < -0.39 is 0 Å². The number of rotatable bonds is 8. The molecule has 0 heterocycles. The Balaban J connectivity index is 1.45. The van der Waals surface area contributed by atoms with E-state index in [1.807, 2.05) is 37.3 Å². The predicted molar refractivity (Wildman–Crippen MR) is 139 cm³/mol. The van der Waals surface area contributed by atoms with Crippen molar-refractivity contribution in [2.45, 2.75) is 98.5 Å². The molecule has 0 bridgehead atoms. The number of fused-ring (bicyclic) bond motifs is 1. The lowest BCUT2D eigenvalue weighted by Gasteiger charge is -2.58. The Bertz CT molecular complexity index is 840. The van der Waals surface area contributed by atoms with E-state index in [2.05, 4.69) is 45.7 Å². The Morgan fingerprint density at radius 1 is 1.24 bits per heavy atom. The Kier molecular flexibility index (Phi) is 8.48. The van der Waals surface area contributed by atoms with Crippen molar-refractivity contribution >= 4 is 11.8 Å². The number of nitrogens with one attached hydrogen (secondary N) is 1. The maximum Gasteiger partial charge on any atom is 0.411 e. The number of hydrogen-bond donors (Lipinski definition) is 1. The van der Waals surface area contributed by atoms with Crippen LogP contribution in [0.5, 0.6) is 0 Å². The molecule has 0 aromatic heterocycles. The Labute approximate surface area is 202 Å². The highest BCUT2D eigenvalue weighted by molar-refractivity contribution is 5.84. The highest BCUT2D eigenvalue weighted by Gasteiger charge is 2.52. The molecule has 1 aromatic rings. The van der Waals surface area contributed by atoms with Gasteiger partial charge in [-0.15, -0.1) is 0 Å². The van der Waals surface area contributed by atoms with Crippen LogP contribution in [0.3, 0.4) is 0 Å². The molecule has 1 N–H and O–H groups in total. The zero-order valence-corrected chi connectivity index (χ0v) is 21.6. The summed E-state index contributed by atoms with van der Waals surface area (Å²) in [5.41, 5.74) is 4.56. The molecule has 4 atom stereocenters. The highest BCUT2D eigenvalue weighted by atomic mass is 16.6. The van der Waals surface area contributed by atoms with Gasteiger partial charge in [-0.1, -0.05) is 69.2 Å². The molecule has 2 fully saturated rings. The number of ether oxygens (including phenoxy) is 1. The van der Waals surface area contributed by atoms with Gasteiger partial charge >= 0.3 is 6.09 Å². The largest absolute Gasteiger partial charge is 0.446 e. The van der Waals surface area contributed by atoms with Gasteiger partial charge in [0.05, 0.1) is 0 Å². The maximum absolute atomic E-state index is 12.1. The first-order valence-corrected chi connectivity index (χ1v) is 13.0. The highest BCUT2D eigenvalue weighted by Crippen LogP contribution is 2.61. The molecular weight excluding hydrogens is 406 g/mol. The van der Waals surface area contributed by atoms with Crippen LogP contribution >= 0.6 is 0 Å². The van der Waals surface area contributed by atoms with Gasteiger partial charge in [-0.25, -0.2) is 4.79 Å². The van der Waals surface area contributed by atoms with Gasteiger partial charge in [0.2, 0.25) is 0 Å². The molecule has 2 saturated carbocycles. The number of amides is 1. The molecule has 3 rings (SSSR count). The standard InChI is InChI=1S/C30H45NO2/c1-22(12-10-13-24(3)33-28(32)31-25-14-8-7-9-15-25)16-18-26-23(2)17-19-27-29(4,5)20-11-21-30(26,27)6/h7-9,12,14-15,24,26-27H,2,10-11,13,16-21H2,1,3-6H3,(H,31,32)/b22-12+/t24-,26-,27-,30+/m0/s1. The van der Waals surface area contributed by atoms with Gasteiger partial charge in [0.25, 0.3) is 0 Å². The van der Waals surface area contributed by atoms with Crippen LogP contribution in [0.1, 0.15) is 92.4 Å². The lowest BCUT2D eigenvalue weighted by molar-refractivity contribution is -0.0539. The Morgan fingerprint density at radius 3 is 2.70 bits per heavy atom. The summed E-state index contributed by atoms with van der Waals surface area (Å²) in [4.78, 5) is 12.1. The van der Waals surface area contributed by atoms with Crippen LogP contribution in [0.2, 0.25) is 0 Å². The fraction of sp³-hybridized carbons (Fsp3) is 0.633. The van der Waals surface area contributed by atoms with Crippen molar-refractivity contribution in [3.05, 3.63) is 54.1 Å². The minimum absolute atomic E-state index is 0.111. The normalized spacial score (nSPS) is 28.0. The summed E-state index contributed by atoms with van der Waals surface area (Å²) in [5.74, 6) is 1.46. The van der Waals surface area contributed by atoms with E-state index in [0.29, 0.717) is 16.7 Å². The lowest BCUT2D eigenvalue weighted by Crippen LogP contribution is -2.49. The Morgan fingerprint density at radius 2 is 1.97 bits per heavy atom. The van der Waals surface area contributed by atoms with Gasteiger partial charge < -0.3 is 4.74 Å². The lowest BCUT2D eigenvalue weighted by atomic mass is 9.47. The van der Waals surface area contributed by atoms with Crippen molar-refractivity contribution in [2.24, 2.45) is 22.7 Å². The average Bonchev–Trinajstić information content (AvgIpc) is 2.73. The van der Waals surface area contributed by atoms with Gasteiger partial charge in [-0.2, -0.15) is 0 Å². The first-order chi connectivity index (χ1) is 15.6. The zero-order chi connectivity index (χ0) is 24.1. The summed E-state index contributed by atoms with van der Waals surface area (Å²) in [5, 5.41) is 2.78. The van der Waals surface area contributed by atoms with Crippen molar-refractivity contribution in [1.82, 2.24) is 0 Å². The van der Waals surface area contributed by atoms with Crippen LogP contribution in [0, 0.1) is 22.7 Å². The van der Waals surface area contributed by atoms with Gasteiger partial charge in [0.15, 0.2) is 0 Å². The maximum atomic E-state index is 12.1. The summed E-state index contributed by atoms with van der Waals surface area (Å²) in [6.07, 6.45) is 12.6. The van der Waals surface area contributed by atoms with Crippen molar-refractivity contribution in [3.63, 3.8) is 0 Å². The third-order valence-electron chi connectivity index (χ3n) is 8.54. The second kappa shape index (κ2) is 10.9. The topological polar surface area (TPSA) is 38.3 Å². The smallest absolute Gasteiger partial charge is 0.411 e. The van der Waals surface area contributed by atoms with Crippen LogP contribution in [-0.4, -0.2) is 12.2 Å². The van der Waals surface area contributed by atoms with E-state index in [1.54, 1.807) is 0 Å². The van der Waals surface area contributed by atoms with Gasteiger partial charge in [-0.3, -0.25) is 5.32 Å². The van der Waals surface area contributed by atoms with Crippen molar-refractivity contribution < 1.29 is 9.53 Å². The summed E-state index contributed by atoms with van der Waals surface area (Å²) in [6, 6.07) is 9.42. The Hall–Kier alpha value is -2.03. The SMILES string of the molecule is C=C1CC[C@H]2C(C)(C)CCC[C@]2(C)[C@H]1CC/C(C)=C/CC[C@H](C)OC(=O)Nc1ccccc1. The molecule has 0 radical (unpaired) electrons. The summed E-state index contributed by atoms with van der Waals surface area (Å²) in [7, 11) is 0. The van der Waals surface area contributed by atoms with Gasteiger partial charge in [-0.05, 0) is 100 Å². The molecule has 0 unspecified atom stereocenters. The molecule has 3 heteroatoms. The molecule has 1 aromatic carbocycles. The quantitative estimate of drug-likeness (QED) is 0.401. The van der Waals surface area contributed by atoms with Crippen molar-refractivity contribution in [3.8, 4) is 0 Å². The third kappa shape index (κ3) is 6.52. The molecule has 33 heavy (non-hydrogen) atoms. The number of anilines is 1. The summed E-state index contributed by atoms with van der Waals surface area (Å²) < 4.78 is 5.51. The zero-order valence-electron chi connectivity index (χ0n) is 21.6. The monoisotopic (exact) mass is 451 g/mol. The van der Waals surface area contributed by atoms with E-state index >= 15 is 0 Å². The first-order valence-electron chi connectivity index (χ1n) is 13.0. The van der Waals surface area contributed by atoms with E-state index in [4.69, 9.17) is 4.74 Å². The molecule has 0 aliphatic heterocycles. The fourth-order valence-electron chi connectivity index (χ4n) is 6.76. The molecule has 3 nitrogen and oxygen atoms in total. The van der Waals surface area contributed by atoms with Crippen LogP contribution in [0.25, 0.3) is 0 Å². The van der Waals surface area contributed by atoms with E-state index in [0.717, 1.165) is 30.9 Å². The molecule has 0 saturated heterocycles. The second-order valence-electron chi connectivity index (χ2n) is 11.5. The average molecular weight is 452 g/mol. The van der Waals surface area contributed by atoms with Crippen LogP contribution in [-0.2, 0) is 4.74 Å². The predicted octanol–water partition coefficient (Wildman–Crippen LogP) is 8.93. The van der Waals surface area contributed by atoms with Gasteiger partial charge in [0.1, 0.15) is 6.10 Å². The number of allylic oxidation sites excluding steroid dienone is 3. The summed E-state index contributed by atoms with van der Waals surface area (Å²) in [6.45, 7) is 16.3. The number of benzene rings is 1. The molecule has 2 aliphatic rings. The number of carbonyl (C=O) groups excluding carboxylic acids is 1. The van der Waals surface area contributed by atoms with Gasteiger partial charge in [0, 0.05) is 5.69 Å². The second-order valence-corrected chi connectivity index (χ2v) is 11.5. The molecule has 182 valence electrons. The summed E-state index contributed by atoms with van der Waals surface area (Å²) >= 11 is 0. The molecule has 1 amide bonds. The van der Waals surface area contributed by atoms with E-state index in [-0.39, 0.29) is 12.2 Å². The van der Waals surface area contributed by atoms with Crippen LogP contribution in [0.15, 0.2) is 54.1 Å². The molecular formula is C30H45NO2. The minimum atomic E-state index is -0.386. The third-order valence-corrected chi connectivity index (χ3v) is 8.54. The van der Waals surface area contributed by atoms with Crippen LogP contribution in [0.4, 0.5) is 10.5 Å². The number of para-hydroxylation sites is 1. The minimum Gasteiger partial charge on any atom is -0.446 e. The number of carbonyl (C=O) groups is 1. The van der Waals surface area contributed by atoms with E-state index in [1.165, 1.54) is 49.7 Å². The van der Waals surface area contributed by atoms with E-state index in [9.17, 15) is 4.79 Å². The van der Waals surface area contributed by atoms with Crippen LogP contribution < -0.4 is 5.32 Å². The van der Waals surface area contributed by atoms with Crippen molar-refractivity contribution in [2.75, 3.05) is 5.32 Å².